The molecular weight excluding hydrogens is 716 g/mol. The van der Waals surface area contributed by atoms with Gasteiger partial charge in [-0.3, -0.25) is 9.69 Å². The normalized spacial score (nSPS) is 38.4. The van der Waals surface area contributed by atoms with Crippen molar-refractivity contribution in [1.29, 1.82) is 0 Å². The smallest absolute Gasteiger partial charge is 0.410 e. The van der Waals surface area contributed by atoms with E-state index in [1.54, 1.807) is 24.8 Å². The fourth-order valence-corrected chi connectivity index (χ4v) is 8.55. The van der Waals surface area contributed by atoms with E-state index >= 15 is 0 Å². The number of aliphatic hydroxyl groups excluding tert-OH is 2. The first-order valence-electron chi connectivity index (χ1n) is 21.5. The summed E-state index contributed by atoms with van der Waals surface area (Å²) in [5.41, 5.74) is -1.11. The van der Waals surface area contributed by atoms with E-state index in [9.17, 15) is 24.9 Å². The van der Waals surface area contributed by atoms with Gasteiger partial charge in [0.1, 0.15) is 5.60 Å². The van der Waals surface area contributed by atoms with E-state index in [0.717, 1.165) is 25.1 Å². The molecule has 10 unspecified atom stereocenters. The average molecular weight is 791 g/mol. The van der Waals surface area contributed by atoms with Gasteiger partial charge in [-0.2, -0.15) is 0 Å². The summed E-state index contributed by atoms with van der Waals surface area (Å²) in [5.74, 6) is -0.706. The van der Waals surface area contributed by atoms with Gasteiger partial charge in [0, 0.05) is 57.6 Å². The number of allylic oxidation sites excluding steroid dienone is 4. The molecule has 3 N–H and O–H groups in total. The fraction of sp³-hybridized carbons (Fsp3) is 0.818. The number of rotatable bonds is 6. The summed E-state index contributed by atoms with van der Waals surface area (Å²) in [4.78, 5) is 31.0. The standard InChI is InChI=1S/C44H74N2O10/c1-8-52-34(5)56-44(7)22-19-36(47)29-40(49)53-27-20-37(48)33(4)41-38(54-41)30-43(6,51)21-13-14-31(2)28-32(3)17-18-39(44)55-42(50)46-25-23-45(24-26-46)35-15-11-9-10-12-16-35/h13-14,17-18,21,32-39,41,47-48,51H,8-12,15-16,19-20,22-30H2,1-7H3/b18-17+,21-13+,31-14+. The van der Waals surface area contributed by atoms with E-state index < -0.39 is 47.9 Å². The number of fused-ring (bicyclic) bond motifs is 1. The molecule has 0 spiro atoms. The van der Waals surface area contributed by atoms with Crippen molar-refractivity contribution < 1.29 is 48.6 Å². The summed E-state index contributed by atoms with van der Waals surface area (Å²) in [6.45, 7) is 16.6. The molecule has 10 atom stereocenters. The van der Waals surface area contributed by atoms with Gasteiger partial charge in [-0.25, -0.2) is 4.79 Å². The minimum atomic E-state index is -1.12. The predicted molar refractivity (Wildman–Crippen MR) is 216 cm³/mol. The van der Waals surface area contributed by atoms with Crippen molar-refractivity contribution in [3.8, 4) is 0 Å². The van der Waals surface area contributed by atoms with Crippen LogP contribution >= 0.6 is 0 Å². The van der Waals surface area contributed by atoms with Gasteiger partial charge in [0.15, 0.2) is 12.4 Å². The van der Waals surface area contributed by atoms with Crippen LogP contribution < -0.4 is 0 Å². The van der Waals surface area contributed by atoms with Crippen molar-refractivity contribution in [3.63, 3.8) is 0 Å². The van der Waals surface area contributed by atoms with Crippen molar-refractivity contribution in [3.05, 3.63) is 36.0 Å². The van der Waals surface area contributed by atoms with Crippen LogP contribution in [-0.2, 0) is 28.5 Å². The number of hydrogen-bond acceptors (Lipinski definition) is 11. The van der Waals surface area contributed by atoms with Crippen molar-refractivity contribution >= 4 is 12.1 Å². The third-order valence-corrected chi connectivity index (χ3v) is 12.1. The predicted octanol–water partition coefficient (Wildman–Crippen LogP) is 6.46. The molecule has 0 aromatic carbocycles. The molecule has 0 radical (unpaired) electrons. The number of aliphatic hydroxyl groups is 3. The highest BCUT2D eigenvalue weighted by atomic mass is 16.7. The Labute approximate surface area is 336 Å². The van der Waals surface area contributed by atoms with E-state index in [0.29, 0.717) is 32.2 Å². The van der Waals surface area contributed by atoms with E-state index in [4.69, 9.17) is 23.7 Å². The topological polar surface area (TPSA) is 151 Å². The second-order valence-electron chi connectivity index (χ2n) is 17.4. The molecule has 3 heterocycles. The lowest BCUT2D eigenvalue weighted by atomic mass is 9.89. The van der Waals surface area contributed by atoms with Gasteiger partial charge in [0.25, 0.3) is 0 Å². The summed E-state index contributed by atoms with van der Waals surface area (Å²) >= 11 is 0. The van der Waals surface area contributed by atoms with E-state index in [1.807, 2.05) is 52.0 Å². The molecule has 2 saturated heterocycles. The molecule has 3 aliphatic heterocycles. The summed E-state index contributed by atoms with van der Waals surface area (Å²) in [5, 5.41) is 33.0. The van der Waals surface area contributed by atoms with Crippen LogP contribution in [0.3, 0.4) is 0 Å². The van der Waals surface area contributed by atoms with Crippen LogP contribution in [0.5, 0.6) is 0 Å². The summed E-state index contributed by atoms with van der Waals surface area (Å²) in [6, 6.07) is 0.579. The Morgan fingerprint density at radius 1 is 1.00 bits per heavy atom. The number of epoxide rings is 1. The lowest BCUT2D eigenvalue weighted by Gasteiger charge is -2.41. The van der Waals surface area contributed by atoms with E-state index in [-0.39, 0.29) is 56.3 Å². The third kappa shape index (κ3) is 15.1. The number of carbonyl (C=O) groups excluding carboxylic acids is 2. The molecular formula is C44H74N2O10. The zero-order valence-corrected chi connectivity index (χ0v) is 35.4. The minimum absolute atomic E-state index is 0.00318. The maximum Gasteiger partial charge on any atom is 0.410 e. The molecule has 1 aliphatic carbocycles. The van der Waals surface area contributed by atoms with Crippen LogP contribution in [0, 0.1) is 11.8 Å². The van der Waals surface area contributed by atoms with E-state index in [1.165, 1.54) is 38.5 Å². The fourth-order valence-electron chi connectivity index (χ4n) is 8.55. The van der Waals surface area contributed by atoms with Gasteiger partial charge in [0.2, 0.25) is 0 Å². The first kappa shape index (κ1) is 46.4. The number of esters is 1. The molecule has 0 aromatic heterocycles. The SMILES string of the molecule is CCOC(C)OC1(C)CCC(O)CC(=O)OCCC(O)C(C)C2OC2CC(C)(O)/C=C/C=C(\C)CC(C)/C=C/C1OC(=O)N1CCN(C2CCCCCC2)CC1. The van der Waals surface area contributed by atoms with Crippen LogP contribution in [-0.4, -0.2) is 131 Å². The minimum Gasteiger partial charge on any atom is -0.465 e. The highest BCUT2D eigenvalue weighted by molar-refractivity contribution is 5.70. The highest BCUT2D eigenvalue weighted by Gasteiger charge is 2.47. The van der Waals surface area contributed by atoms with Gasteiger partial charge < -0.3 is 43.9 Å². The molecule has 56 heavy (non-hydrogen) atoms. The maximum atomic E-state index is 13.9. The Morgan fingerprint density at radius 2 is 1.70 bits per heavy atom. The number of ether oxygens (including phenoxy) is 5. The Morgan fingerprint density at radius 3 is 2.38 bits per heavy atom. The van der Waals surface area contributed by atoms with Gasteiger partial charge in [-0.15, -0.1) is 0 Å². The Bertz CT molecular complexity index is 1300. The lowest BCUT2D eigenvalue weighted by molar-refractivity contribution is -0.222. The zero-order valence-electron chi connectivity index (χ0n) is 35.4. The number of amides is 1. The average Bonchev–Trinajstić information content (AvgIpc) is 3.94. The van der Waals surface area contributed by atoms with Gasteiger partial charge in [-0.1, -0.05) is 69.4 Å². The second kappa shape index (κ2) is 22.2. The molecule has 320 valence electrons. The molecule has 0 bridgehead atoms. The Kier molecular flexibility index (Phi) is 18.4. The van der Waals surface area contributed by atoms with Crippen LogP contribution in [0.25, 0.3) is 0 Å². The first-order chi connectivity index (χ1) is 26.6. The summed E-state index contributed by atoms with van der Waals surface area (Å²) in [7, 11) is 0. The zero-order chi connectivity index (χ0) is 40.9. The molecule has 12 heteroatoms. The molecule has 4 aliphatic rings. The van der Waals surface area contributed by atoms with Gasteiger partial charge in [0.05, 0.1) is 43.0 Å². The van der Waals surface area contributed by atoms with Crippen LogP contribution in [0.1, 0.15) is 126 Å². The number of nitrogens with zero attached hydrogens (tertiary/aromatic N) is 2. The molecule has 4 rings (SSSR count). The summed E-state index contributed by atoms with van der Waals surface area (Å²) in [6.07, 6.45) is 14.7. The summed E-state index contributed by atoms with van der Waals surface area (Å²) < 4.78 is 30.0. The van der Waals surface area contributed by atoms with Gasteiger partial charge in [-0.05, 0) is 78.7 Å². The molecule has 0 aromatic rings. The number of cyclic esters (lactones) is 1. The lowest BCUT2D eigenvalue weighted by Crippen LogP contribution is -2.54. The van der Waals surface area contributed by atoms with Crippen LogP contribution in [0.4, 0.5) is 4.79 Å². The number of carbonyl (C=O) groups is 2. The molecule has 3 fully saturated rings. The van der Waals surface area contributed by atoms with Crippen LogP contribution in [0.2, 0.25) is 0 Å². The van der Waals surface area contributed by atoms with Crippen molar-refractivity contribution in [2.45, 2.75) is 180 Å². The largest absolute Gasteiger partial charge is 0.465 e. The van der Waals surface area contributed by atoms with Crippen molar-refractivity contribution in [2.75, 3.05) is 39.4 Å². The van der Waals surface area contributed by atoms with Crippen molar-refractivity contribution in [1.82, 2.24) is 9.80 Å². The highest BCUT2D eigenvalue weighted by Crippen LogP contribution is 2.38. The molecule has 1 saturated carbocycles. The third-order valence-electron chi connectivity index (χ3n) is 12.1. The van der Waals surface area contributed by atoms with E-state index in [2.05, 4.69) is 11.8 Å². The number of hydrogen-bond donors (Lipinski definition) is 3. The Balaban J connectivity index is 1.54. The monoisotopic (exact) mass is 791 g/mol. The van der Waals surface area contributed by atoms with Crippen molar-refractivity contribution in [2.24, 2.45) is 11.8 Å². The maximum absolute atomic E-state index is 13.9. The second-order valence-corrected chi connectivity index (χ2v) is 17.4. The first-order valence-corrected chi connectivity index (χ1v) is 21.5. The Hall–Kier alpha value is -2.32. The number of piperazine rings is 1. The van der Waals surface area contributed by atoms with Crippen LogP contribution in [0.15, 0.2) is 36.0 Å². The molecule has 1 amide bonds. The van der Waals surface area contributed by atoms with Gasteiger partial charge >= 0.3 is 12.1 Å². The molecule has 12 nitrogen and oxygen atoms in total. The quantitative estimate of drug-likeness (QED) is 0.0895.